The maximum Gasteiger partial charge on any atom is 0.250 e. The first-order valence-corrected chi connectivity index (χ1v) is 10.6. The van der Waals surface area contributed by atoms with Gasteiger partial charge in [-0.1, -0.05) is 35.4 Å². The molecule has 4 atom stereocenters. The molecule has 1 N–H and O–H groups in total. The summed E-state index contributed by atoms with van der Waals surface area (Å²) >= 11 is 0. The highest BCUT2D eigenvalue weighted by atomic mass is 16.2. The Morgan fingerprint density at radius 3 is 2.47 bits per heavy atom. The molecule has 6 rings (SSSR count). The molecule has 4 aliphatic rings. The number of hydrogen-bond acceptors (Lipinski definition) is 4. The Balaban J connectivity index is 1.56. The highest BCUT2D eigenvalue weighted by molar-refractivity contribution is 6.25. The van der Waals surface area contributed by atoms with E-state index in [0.29, 0.717) is 5.69 Å². The standard InChI is InChI=1S/C24H23N3O3/c1-13-5-8-15(9-6-13)27-21(28)19-18-4-3-11-26(18)24(20(19)22(27)29)16-12-14(2)7-10-17(16)25-23(24)30/h5-10,12,18-20H,3-4,11H2,1-2H3,(H,25,30). The summed E-state index contributed by atoms with van der Waals surface area (Å²) in [5, 5.41) is 3.02. The van der Waals surface area contributed by atoms with Crippen molar-refractivity contribution in [2.24, 2.45) is 11.8 Å². The first-order valence-electron chi connectivity index (χ1n) is 10.6. The zero-order valence-corrected chi connectivity index (χ0v) is 17.0. The topological polar surface area (TPSA) is 69.7 Å². The lowest BCUT2D eigenvalue weighted by molar-refractivity contribution is -0.135. The summed E-state index contributed by atoms with van der Waals surface area (Å²) in [7, 11) is 0. The highest BCUT2D eigenvalue weighted by Gasteiger charge is 2.74. The average Bonchev–Trinajstić information content (AvgIpc) is 3.42. The van der Waals surface area contributed by atoms with Gasteiger partial charge in [0.15, 0.2) is 0 Å². The van der Waals surface area contributed by atoms with Crippen molar-refractivity contribution in [3.8, 4) is 0 Å². The lowest BCUT2D eigenvalue weighted by Gasteiger charge is -2.36. The van der Waals surface area contributed by atoms with Crippen molar-refractivity contribution < 1.29 is 14.4 Å². The van der Waals surface area contributed by atoms with Gasteiger partial charge in [-0.2, -0.15) is 0 Å². The molecule has 3 saturated heterocycles. The molecule has 4 heterocycles. The van der Waals surface area contributed by atoms with Crippen molar-refractivity contribution in [2.45, 2.75) is 38.3 Å². The Bertz CT molecular complexity index is 1130. The second-order valence-corrected chi connectivity index (χ2v) is 9.02. The van der Waals surface area contributed by atoms with Crippen molar-refractivity contribution in [1.82, 2.24) is 4.90 Å². The number of carbonyl (C=O) groups is 3. The van der Waals surface area contributed by atoms with Crippen molar-refractivity contribution in [3.05, 3.63) is 59.2 Å². The molecule has 0 radical (unpaired) electrons. The molecule has 4 unspecified atom stereocenters. The molecule has 3 amide bonds. The van der Waals surface area contributed by atoms with Crippen LogP contribution in [-0.2, 0) is 19.9 Å². The molecule has 0 bridgehead atoms. The van der Waals surface area contributed by atoms with E-state index in [1.165, 1.54) is 4.90 Å². The smallest absolute Gasteiger partial charge is 0.250 e. The van der Waals surface area contributed by atoms with Gasteiger partial charge in [0.05, 0.1) is 17.5 Å². The largest absolute Gasteiger partial charge is 0.324 e. The number of nitrogens with one attached hydrogen (secondary N) is 1. The lowest BCUT2D eigenvalue weighted by Crippen LogP contribution is -2.54. The zero-order chi connectivity index (χ0) is 20.8. The number of nitrogens with zero attached hydrogens (tertiary/aromatic N) is 2. The van der Waals surface area contributed by atoms with Crippen molar-refractivity contribution in [3.63, 3.8) is 0 Å². The number of aryl methyl sites for hydroxylation is 2. The van der Waals surface area contributed by atoms with Crippen LogP contribution < -0.4 is 10.2 Å². The molecular weight excluding hydrogens is 378 g/mol. The number of hydrogen-bond donors (Lipinski definition) is 1. The minimum absolute atomic E-state index is 0.0842. The van der Waals surface area contributed by atoms with Crippen LogP contribution in [0.15, 0.2) is 42.5 Å². The van der Waals surface area contributed by atoms with E-state index in [1.807, 2.05) is 56.3 Å². The number of fused-ring (bicyclic) bond motifs is 7. The fraction of sp³-hybridized carbons (Fsp3) is 0.375. The highest BCUT2D eigenvalue weighted by Crippen LogP contribution is 2.60. The Morgan fingerprint density at radius 1 is 0.967 bits per heavy atom. The van der Waals surface area contributed by atoms with E-state index in [4.69, 9.17) is 0 Å². The first-order chi connectivity index (χ1) is 14.4. The van der Waals surface area contributed by atoms with E-state index < -0.39 is 17.4 Å². The van der Waals surface area contributed by atoms with Crippen LogP contribution in [-0.4, -0.2) is 35.2 Å². The fourth-order valence-corrected chi connectivity index (χ4v) is 6.27. The maximum atomic E-state index is 13.8. The molecule has 1 spiro atoms. The maximum absolute atomic E-state index is 13.8. The molecule has 0 saturated carbocycles. The van der Waals surface area contributed by atoms with E-state index in [2.05, 4.69) is 10.2 Å². The summed E-state index contributed by atoms with van der Waals surface area (Å²) in [6.07, 6.45) is 1.76. The van der Waals surface area contributed by atoms with E-state index >= 15 is 0 Å². The lowest BCUT2D eigenvalue weighted by atomic mass is 9.75. The molecular formula is C24H23N3O3. The molecule has 152 valence electrons. The quantitative estimate of drug-likeness (QED) is 0.746. The SMILES string of the molecule is Cc1ccc(N2C(=O)C3C4CCCN4C4(C(=O)Nc5ccc(C)cc54)C3C2=O)cc1. The molecule has 6 heteroatoms. The Hall–Kier alpha value is -2.99. The third-order valence-electron chi connectivity index (χ3n) is 7.44. The predicted molar refractivity (Wildman–Crippen MR) is 112 cm³/mol. The second kappa shape index (κ2) is 5.79. The summed E-state index contributed by atoms with van der Waals surface area (Å²) in [4.78, 5) is 44.5. The van der Waals surface area contributed by atoms with Crippen molar-refractivity contribution >= 4 is 29.1 Å². The summed E-state index contributed by atoms with van der Waals surface area (Å²) < 4.78 is 0. The third-order valence-corrected chi connectivity index (χ3v) is 7.44. The van der Waals surface area contributed by atoms with Crippen LogP contribution in [0.3, 0.4) is 0 Å². The zero-order valence-electron chi connectivity index (χ0n) is 17.0. The van der Waals surface area contributed by atoms with Gasteiger partial charge < -0.3 is 5.32 Å². The number of carbonyl (C=O) groups excluding carboxylic acids is 3. The number of amides is 3. The van der Waals surface area contributed by atoms with Gasteiger partial charge in [0, 0.05) is 17.3 Å². The van der Waals surface area contributed by atoms with Crippen LogP contribution in [0.2, 0.25) is 0 Å². The van der Waals surface area contributed by atoms with Gasteiger partial charge in [0.1, 0.15) is 5.54 Å². The van der Waals surface area contributed by atoms with E-state index in [-0.39, 0.29) is 23.8 Å². The van der Waals surface area contributed by atoms with Gasteiger partial charge in [-0.25, -0.2) is 4.90 Å². The van der Waals surface area contributed by atoms with Gasteiger partial charge in [-0.3, -0.25) is 19.3 Å². The molecule has 0 aliphatic carbocycles. The number of imide groups is 1. The predicted octanol–water partition coefficient (Wildman–Crippen LogP) is 2.73. The molecule has 6 nitrogen and oxygen atoms in total. The normalized spacial score (nSPS) is 32.0. The van der Waals surface area contributed by atoms with Crippen LogP contribution >= 0.6 is 0 Å². The van der Waals surface area contributed by atoms with Gasteiger partial charge in [0.25, 0.3) is 0 Å². The number of benzene rings is 2. The van der Waals surface area contributed by atoms with Gasteiger partial charge in [-0.05, 0) is 51.4 Å². The molecule has 0 aromatic heterocycles. The van der Waals surface area contributed by atoms with Crippen LogP contribution in [0.25, 0.3) is 0 Å². The second-order valence-electron chi connectivity index (χ2n) is 9.02. The van der Waals surface area contributed by atoms with Crippen molar-refractivity contribution in [2.75, 3.05) is 16.8 Å². The van der Waals surface area contributed by atoms with Crippen LogP contribution in [0, 0.1) is 25.7 Å². The Morgan fingerprint density at radius 2 is 1.70 bits per heavy atom. The molecule has 3 fully saturated rings. The van der Waals surface area contributed by atoms with E-state index in [9.17, 15) is 14.4 Å². The summed E-state index contributed by atoms with van der Waals surface area (Å²) in [6.45, 7) is 4.69. The fourth-order valence-electron chi connectivity index (χ4n) is 6.27. The summed E-state index contributed by atoms with van der Waals surface area (Å²) in [5.41, 5.74) is 3.20. The minimum atomic E-state index is -1.10. The van der Waals surface area contributed by atoms with E-state index in [1.54, 1.807) is 0 Å². The molecule has 30 heavy (non-hydrogen) atoms. The van der Waals surface area contributed by atoms with Gasteiger partial charge in [0.2, 0.25) is 17.7 Å². The number of anilines is 2. The van der Waals surface area contributed by atoms with Crippen molar-refractivity contribution in [1.29, 1.82) is 0 Å². The Kier molecular flexibility index (Phi) is 3.44. The van der Waals surface area contributed by atoms with E-state index in [0.717, 1.165) is 41.8 Å². The van der Waals surface area contributed by atoms with Gasteiger partial charge in [-0.15, -0.1) is 0 Å². The Labute approximate surface area is 174 Å². The minimum Gasteiger partial charge on any atom is -0.324 e. The number of rotatable bonds is 1. The summed E-state index contributed by atoms with van der Waals surface area (Å²) in [6, 6.07) is 13.2. The average molecular weight is 401 g/mol. The monoisotopic (exact) mass is 401 g/mol. The van der Waals surface area contributed by atoms with Crippen LogP contribution in [0.1, 0.15) is 29.5 Å². The summed E-state index contributed by atoms with van der Waals surface area (Å²) in [5.74, 6) is -1.78. The first kappa shape index (κ1) is 17.8. The molecule has 2 aromatic rings. The third kappa shape index (κ3) is 1.95. The molecule has 4 aliphatic heterocycles. The molecule has 2 aromatic carbocycles. The van der Waals surface area contributed by atoms with Crippen LogP contribution in [0.4, 0.5) is 11.4 Å². The van der Waals surface area contributed by atoms with Crippen LogP contribution in [0.5, 0.6) is 0 Å². The van der Waals surface area contributed by atoms with Gasteiger partial charge >= 0.3 is 0 Å².